The van der Waals surface area contributed by atoms with Gasteiger partial charge in [-0.2, -0.15) is 0 Å². The molecule has 2 heterocycles. The van der Waals surface area contributed by atoms with E-state index in [2.05, 4.69) is 20.3 Å². The van der Waals surface area contributed by atoms with Crippen molar-refractivity contribution >= 4 is 39.5 Å². The third kappa shape index (κ3) is 4.76. The first kappa shape index (κ1) is 23.1. The van der Waals surface area contributed by atoms with E-state index in [-0.39, 0.29) is 17.9 Å². The van der Waals surface area contributed by atoms with Crippen LogP contribution in [0.3, 0.4) is 0 Å². The molecule has 2 aromatic heterocycles. The highest BCUT2D eigenvalue weighted by atomic mass is 19.1. The van der Waals surface area contributed by atoms with Gasteiger partial charge in [0.2, 0.25) is 0 Å². The predicted octanol–water partition coefficient (Wildman–Crippen LogP) is 4.65. The van der Waals surface area contributed by atoms with Crippen LogP contribution in [0, 0.1) is 5.82 Å². The summed E-state index contributed by atoms with van der Waals surface area (Å²) in [5, 5.41) is 3.66. The number of aromatic amines is 3. The van der Waals surface area contributed by atoms with Gasteiger partial charge in [0.25, 0.3) is 5.91 Å². The first-order valence-corrected chi connectivity index (χ1v) is 11.5. The second kappa shape index (κ2) is 9.53. The summed E-state index contributed by atoms with van der Waals surface area (Å²) in [6, 6.07) is 18.8. The third-order valence-corrected chi connectivity index (χ3v) is 5.99. The van der Waals surface area contributed by atoms with Crippen molar-refractivity contribution in [3.8, 4) is 11.3 Å². The van der Waals surface area contributed by atoms with Gasteiger partial charge in [0.1, 0.15) is 5.82 Å². The number of imidazole rings is 1. The largest absolute Gasteiger partial charge is 0.453 e. The number of H-pyrrole nitrogens is 3. The topological polar surface area (TPSA) is 120 Å². The lowest BCUT2D eigenvalue weighted by Crippen LogP contribution is -2.30. The lowest BCUT2D eigenvalue weighted by Gasteiger charge is -2.14. The molecule has 3 aromatic carbocycles. The molecule has 0 saturated heterocycles. The van der Waals surface area contributed by atoms with E-state index in [4.69, 9.17) is 4.74 Å². The molecule has 36 heavy (non-hydrogen) atoms. The van der Waals surface area contributed by atoms with Crippen LogP contribution in [0.4, 0.5) is 10.1 Å². The molecule has 1 amide bonds. The number of hydrogen-bond acceptors (Lipinski definition) is 4. The van der Waals surface area contributed by atoms with E-state index in [1.54, 1.807) is 30.3 Å². The molecular weight excluding hydrogens is 463 g/mol. The van der Waals surface area contributed by atoms with Crippen LogP contribution in [0.5, 0.6) is 0 Å². The van der Waals surface area contributed by atoms with Crippen molar-refractivity contribution in [3.63, 3.8) is 0 Å². The van der Waals surface area contributed by atoms with Crippen LogP contribution < -0.4 is 11.0 Å². The third-order valence-electron chi connectivity index (χ3n) is 5.99. The normalized spacial score (nSPS) is 12.1. The molecule has 5 aromatic rings. The van der Waals surface area contributed by atoms with Crippen LogP contribution in [-0.4, -0.2) is 32.9 Å². The van der Waals surface area contributed by atoms with Crippen LogP contribution in [0.25, 0.3) is 33.2 Å². The zero-order valence-corrected chi connectivity index (χ0v) is 19.4. The average molecular weight is 487 g/mol. The van der Waals surface area contributed by atoms with Gasteiger partial charge in [0, 0.05) is 28.7 Å². The number of ether oxygens (including phenoxy) is 1. The molecule has 0 radical (unpaired) electrons. The zero-order valence-electron chi connectivity index (χ0n) is 19.4. The molecule has 182 valence electrons. The SMILES string of the molecule is CC(OC(=O)CCc1c(-c2ccc(F)cc2)[nH]c2ccccc12)C(=O)Nc1ccc2[nH]c(=O)[nH]c2c1. The maximum absolute atomic E-state index is 13.4. The predicted molar refractivity (Wildman–Crippen MR) is 135 cm³/mol. The fourth-order valence-corrected chi connectivity index (χ4v) is 4.21. The zero-order chi connectivity index (χ0) is 25.2. The Balaban J connectivity index is 1.25. The Kier molecular flexibility index (Phi) is 6.12. The van der Waals surface area contributed by atoms with Crippen molar-refractivity contribution in [1.82, 2.24) is 15.0 Å². The van der Waals surface area contributed by atoms with Crippen molar-refractivity contribution in [1.29, 1.82) is 0 Å². The molecule has 4 N–H and O–H groups in total. The number of nitrogens with one attached hydrogen (secondary N) is 4. The second-order valence-corrected chi connectivity index (χ2v) is 8.49. The van der Waals surface area contributed by atoms with E-state index in [1.807, 2.05) is 24.3 Å². The van der Waals surface area contributed by atoms with Crippen molar-refractivity contribution < 1.29 is 18.7 Å². The molecule has 0 aliphatic carbocycles. The van der Waals surface area contributed by atoms with Gasteiger partial charge in [-0.3, -0.25) is 9.59 Å². The number of aromatic nitrogens is 3. The molecule has 0 aliphatic heterocycles. The lowest BCUT2D eigenvalue weighted by atomic mass is 10.0. The lowest BCUT2D eigenvalue weighted by molar-refractivity contribution is -0.153. The van der Waals surface area contributed by atoms with E-state index in [1.165, 1.54) is 19.1 Å². The van der Waals surface area contributed by atoms with E-state index >= 15 is 0 Å². The van der Waals surface area contributed by atoms with Crippen molar-refractivity contribution in [2.75, 3.05) is 5.32 Å². The summed E-state index contributed by atoms with van der Waals surface area (Å²) in [5.41, 5.74) is 4.75. The highest BCUT2D eigenvalue weighted by Gasteiger charge is 2.20. The number of hydrogen-bond donors (Lipinski definition) is 4. The second-order valence-electron chi connectivity index (χ2n) is 8.49. The summed E-state index contributed by atoms with van der Waals surface area (Å²) in [4.78, 5) is 45.2. The minimum absolute atomic E-state index is 0.0597. The summed E-state index contributed by atoms with van der Waals surface area (Å²) < 4.78 is 18.8. The molecule has 1 unspecified atom stereocenters. The van der Waals surface area contributed by atoms with E-state index in [9.17, 15) is 18.8 Å². The van der Waals surface area contributed by atoms with Crippen LogP contribution >= 0.6 is 0 Å². The van der Waals surface area contributed by atoms with Gasteiger partial charge < -0.3 is 25.0 Å². The van der Waals surface area contributed by atoms with Crippen LogP contribution in [0.2, 0.25) is 0 Å². The number of esters is 1. The number of aryl methyl sites for hydroxylation is 1. The number of anilines is 1. The Bertz CT molecular complexity index is 1630. The number of carbonyl (C=O) groups excluding carboxylic acids is 2. The minimum Gasteiger partial charge on any atom is -0.453 e. The average Bonchev–Trinajstić information content (AvgIpc) is 3.42. The first-order valence-electron chi connectivity index (χ1n) is 11.5. The summed E-state index contributed by atoms with van der Waals surface area (Å²) in [6.45, 7) is 1.50. The van der Waals surface area contributed by atoms with Gasteiger partial charge in [-0.05, 0) is 73.0 Å². The summed E-state index contributed by atoms with van der Waals surface area (Å²) in [6.07, 6.45) is -0.580. The number of amides is 1. The first-order chi connectivity index (χ1) is 17.4. The Morgan fingerprint density at radius 1 is 0.944 bits per heavy atom. The highest BCUT2D eigenvalue weighted by molar-refractivity contribution is 5.96. The molecule has 0 aliphatic rings. The smallest absolute Gasteiger partial charge is 0.323 e. The van der Waals surface area contributed by atoms with Gasteiger partial charge in [-0.15, -0.1) is 0 Å². The monoisotopic (exact) mass is 486 g/mol. The number of para-hydroxylation sites is 1. The quantitative estimate of drug-likeness (QED) is 0.250. The van der Waals surface area contributed by atoms with Gasteiger partial charge in [0.05, 0.1) is 11.0 Å². The molecule has 5 rings (SSSR count). The number of rotatable bonds is 7. The Labute approximate surface area is 204 Å². The summed E-state index contributed by atoms with van der Waals surface area (Å²) >= 11 is 0. The molecule has 0 saturated carbocycles. The maximum Gasteiger partial charge on any atom is 0.323 e. The number of benzene rings is 3. The standard InChI is InChI=1S/C27H23FN4O4/c1-15(26(34)29-18-10-12-22-23(14-18)32-27(35)31-22)36-24(33)13-11-20-19-4-2-3-5-21(19)30-25(20)16-6-8-17(28)9-7-16/h2-10,12,14-15,30H,11,13H2,1H3,(H,29,34)(H2,31,32,35). The fraction of sp³-hybridized carbons (Fsp3) is 0.148. The molecule has 0 bridgehead atoms. The number of halogens is 1. The number of carbonyl (C=O) groups is 2. The van der Waals surface area contributed by atoms with E-state index in [0.717, 1.165) is 27.7 Å². The summed E-state index contributed by atoms with van der Waals surface area (Å²) in [7, 11) is 0. The summed E-state index contributed by atoms with van der Waals surface area (Å²) in [5.74, 6) is -1.33. The van der Waals surface area contributed by atoms with Crippen LogP contribution in [0.15, 0.2) is 71.5 Å². The highest BCUT2D eigenvalue weighted by Crippen LogP contribution is 2.31. The van der Waals surface area contributed by atoms with Crippen molar-refractivity contribution in [3.05, 3.63) is 88.6 Å². The Morgan fingerprint density at radius 2 is 1.69 bits per heavy atom. The Hall–Kier alpha value is -4.66. The molecule has 0 spiro atoms. The van der Waals surface area contributed by atoms with Gasteiger partial charge in [-0.25, -0.2) is 9.18 Å². The molecule has 8 nitrogen and oxygen atoms in total. The molecule has 9 heteroatoms. The van der Waals surface area contributed by atoms with Crippen LogP contribution in [0.1, 0.15) is 18.9 Å². The van der Waals surface area contributed by atoms with E-state index in [0.29, 0.717) is 23.1 Å². The maximum atomic E-state index is 13.4. The van der Waals surface area contributed by atoms with Crippen molar-refractivity contribution in [2.45, 2.75) is 25.9 Å². The van der Waals surface area contributed by atoms with Gasteiger partial charge >= 0.3 is 11.7 Å². The molecule has 1 atom stereocenters. The van der Waals surface area contributed by atoms with Gasteiger partial charge in [0.15, 0.2) is 6.10 Å². The van der Waals surface area contributed by atoms with Crippen LogP contribution in [-0.2, 0) is 20.7 Å². The van der Waals surface area contributed by atoms with Crippen molar-refractivity contribution in [2.24, 2.45) is 0 Å². The van der Waals surface area contributed by atoms with E-state index < -0.39 is 18.0 Å². The minimum atomic E-state index is -1.02. The molecule has 0 fully saturated rings. The fourth-order valence-electron chi connectivity index (χ4n) is 4.21. The van der Waals surface area contributed by atoms with Gasteiger partial charge in [-0.1, -0.05) is 18.2 Å². The number of fused-ring (bicyclic) bond motifs is 2. The molecular formula is C27H23FN4O4. The Morgan fingerprint density at radius 3 is 2.50 bits per heavy atom.